The molecule has 1 amide bonds. The third-order valence-electron chi connectivity index (χ3n) is 9.28. The molecule has 5 heterocycles. The second kappa shape index (κ2) is 14.7. The van der Waals surface area contributed by atoms with Gasteiger partial charge in [0.15, 0.2) is 11.6 Å². The van der Waals surface area contributed by atoms with E-state index in [0.29, 0.717) is 60.8 Å². The number of hydrogen-bond acceptors (Lipinski definition) is 9. The number of aromatic nitrogens is 4. The van der Waals surface area contributed by atoms with Crippen LogP contribution in [0.2, 0.25) is 0 Å². The van der Waals surface area contributed by atoms with Crippen LogP contribution in [-0.4, -0.2) is 57.8 Å². The van der Waals surface area contributed by atoms with Crippen LogP contribution in [-0.2, 0) is 32.2 Å². The van der Waals surface area contributed by atoms with Crippen molar-refractivity contribution in [2.45, 2.75) is 58.7 Å². The number of nitrogens with zero attached hydrogens (tertiary/aromatic N) is 5. The summed E-state index contributed by atoms with van der Waals surface area (Å²) in [5.74, 6) is 1.03. The van der Waals surface area contributed by atoms with Crippen LogP contribution in [0.3, 0.4) is 0 Å². The number of carbonyl (C=O) groups is 1. The molecule has 0 spiro atoms. The molecule has 268 valence electrons. The van der Waals surface area contributed by atoms with Crippen molar-refractivity contribution >= 4 is 33.1 Å². The average Bonchev–Trinajstić information content (AvgIpc) is 3.93. The highest BCUT2D eigenvalue weighted by molar-refractivity contribution is 7.23. The quantitative estimate of drug-likeness (QED) is 0.159. The van der Waals surface area contributed by atoms with Crippen LogP contribution in [0.25, 0.3) is 32.0 Å². The van der Waals surface area contributed by atoms with Gasteiger partial charge in [-0.2, -0.15) is 0 Å². The molecule has 0 saturated carbocycles. The fraction of sp³-hybridized carbons (Fsp3) is 0.308. The molecule has 9 nitrogen and oxygen atoms in total. The number of ether oxygens (including phenoxy) is 1. The summed E-state index contributed by atoms with van der Waals surface area (Å²) in [7, 11) is 3.25. The summed E-state index contributed by atoms with van der Waals surface area (Å²) in [5.41, 5.74) is 6.10. The summed E-state index contributed by atoms with van der Waals surface area (Å²) in [6.07, 6.45) is 3.58. The van der Waals surface area contributed by atoms with Gasteiger partial charge in [0.1, 0.15) is 17.8 Å². The number of hydrogen-bond donors (Lipinski definition) is 1. The van der Waals surface area contributed by atoms with Crippen molar-refractivity contribution in [1.29, 1.82) is 0 Å². The molecule has 52 heavy (non-hydrogen) atoms. The molecule has 0 radical (unpaired) electrons. The predicted molar refractivity (Wildman–Crippen MR) is 195 cm³/mol. The van der Waals surface area contributed by atoms with E-state index in [1.54, 1.807) is 42.7 Å². The van der Waals surface area contributed by atoms with E-state index in [1.807, 2.05) is 18.0 Å². The molecule has 8 rings (SSSR count). The summed E-state index contributed by atoms with van der Waals surface area (Å²) >= 11 is 1.57. The van der Waals surface area contributed by atoms with Crippen molar-refractivity contribution in [3.05, 3.63) is 106 Å². The second-order valence-electron chi connectivity index (χ2n) is 12.8. The van der Waals surface area contributed by atoms with Crippen molar-refractivity contribution in [2.75, 3.05) is 26.0 Å². The van der Waals surface area contributed by atoms with Gasteiger partial charge in [0.05, 0.1) is 40.9 Å². The minimum Gasteiger partial charge on any atom is -0.493 e. The molecular formula is C39H37F3N6O3S. The number of benzene rings is 2. The molecule has 2 aromatic carbocycles. The maximum Gasteiger partial charge on any atom is 0.256 e. The summed E-state index contributed by atoms with van der Waals surface area (Å²) in [5, 5.41) is 12.7. The zero-order valence-electron chi connectivity index (χ0n) is 29.2. The molecule has 0 saturated heterocycles. The zero-order chi connectivity index (χ0) is 36.5. The van der Waals surface area contributed by atoms with Crippen LogP contribution in [0.4, 0.5) is 19.0 Å². The van der Waals surface area contributed by atoms with E-state index in [1.165, 1.54) is 25.3 Å². The number of carbonyl (C=O) groups excluding carboxylic acids is 1. The molecule has 0 bridgehead atoms. The Balaban J connectivity index is 0.000000271. The second-order valence-corrected chi connectivity index (χ2v) is 13.8. The smallest absolute Gasteiger partial charge is 0.256 e. The lowest BCUT2D eigenvalue weighted by molar-refractivity contribution is 0.0778. The summed E-state index contributed by atoms with van der Waals surface area (Å²) < 4.78 is 51.5. The van der Waals surface area contributed by atoms with Gasteiger partial charge in [-0.3, -0.25) is 9.78 Å². The van der Waals surface area contributed by atoms with Crippen molar-refractivity contribution < 1.29 is 27.1 Å². The van der Waals surface area contributed by atoms with Crippen molar-refractivity contribution in [1.82, 2.24) is 25.1 Å². The molecule has 13 heteroatoms. The Hall–Kier alpha value is -5.30. The molecule has 1 N–H and O–H groups in total. The van der Waals surface area contributed by atoms with Gasteiger partial charge in [0.25, 0.3) is 5.91 Å². The van der Waals surface area contributed by atoms with Crippen LogP contribution in [0, 0.1) is 18.6 Å². The van der Waals surface area contributed by atoms with E-state index in [0.717, 1.165) is 55.3 Å². The Morgan fingerprint density at radius 3 is 2.56 bits per heavy atom. The van der Waals surface area contributed by atoms with Crippen LogP contribution >= 0.6 is 11.3 Å². The molecule has 1 atom stereocenters. The van der Waals surface area contributed by atoms with E-state index >= 15 is 0 Å². The molecular weight excluding hydrogens is 690 g/mol. The topological polar surface area (TPSA) is 106 Å². The maximum absolute atomic E-state index is 13.8. The highest BCUT2D eigenvalue weighted by Crippen LogP contribution is 2.46. The van der Waals surface area contributed by atoms with E-state index in [9.17, 15) is 18.0 Å². The maximum atomic E-state index is 13.8. The largest absolute Gasteiger partial charge is 0.493 e. The van der Waals surface area contributed by atoms with Gasteiger partial charge in [-0.15, -0.1) is 21.5 Å². The lowest BCUT2D eigenvalue weighted by atomic mass is 9.94. The molecule has 1 unspecified atom stereocenters. The number of halogens is 3. The highest BCUT2D eigenvalue weighted by atomic mass is 32.1. The fourth-order valence-corrected chi connectivity index (χ4v) is 8.15. The number of aryl methyl sites for hydroxylation is 3. The van der Waals surface area contributed by atoms with Crippen molar-refractivity contribution in [2.24, 2.45) is 0 Å². The Morgan fingerprint density at radius 2 is 1.85 bits per heavy atom. The lowest BCUT2D eigenvalue weighted by Crippen LogP contribution is -2.24. The van der Waals surface area contributed by atoms with Gasteiger partial charge in [0, 0.05) is 55.6 Å². The first kappa shape index (κ1) is 35.1. The lowest BCUT2D eigenvalue weighted by Gasteiger charge is -2.15. The van der Waals surface area contributed by atoms with Gasteiger partial charge >= 0.3 is 0 Å². The van der Waals surface area contributed by atoms with Crippen molar-refractivity contribution in [3.8, 4) is 27.6 Å². The summed E-state index contributed by atoms with van der Waals surface area (Å²) in [6.45, 7) is 4.90. The number of rotatable bonds is 9. The SMILES string of the molecule is CCCN1Cc2nc(CCc3ccc(F)cc3)c(-c3nnc(C)o3)c(-c3cc4ccnc(NC)c4s3)c2C1=O.COc1c(F)ccc2c1CC(F)C2. The normalized spacial score (nSPS) is 14.7. The molecule has 1 aliphatic heterocycles. The number of pyridine rings is 2. The Labute approximate surface area is 302 Å². The van der Waals surface area contributed by atoms with Gasteiger partial charge in [-0.1, -0.05) is 25.1 Å². The van der Waals surface area contributed by atoms with Gasteiger partial charge < -0.3 is 19.4 Å². The molecule has 4 aromatic heterocycles. The minimum atomic E-state index is -0.884. The van der Waals surface area contributed by atoms with E-state index < -0.39 is 12.0 Å². The van der Waals surface area contributed by atoms with Gasteiger partial charge in [-0.05, 0) is 66.1 Å². The molecule has 6 aromatic rings. The monoisotopic (exact) mass is 726 g/mol. The highest BCUT2D eigenvalue weighted by Gasteiger charge is 2.36. The fourth-order valence-electron chi connectivity index (χ4n) is 6.94. The number of anilines is 1. The Kier molecular flexibility index (Phi) is 9.96. The number of fused-ring (bicyclic) bond motifs is 3. The third-order valence-corrected chi connectivity index (χ3v) is 10.5. The standard InChI is InChI=1S/C29H27FN6O2S.C10H10F2O/c1-4-13-36-15-21-24(29(36)37)25(22-14-18-11-12-32-27(31-3)26(18)39-22)23(28-35-34-16(2)38-28)20(33-21)10-7-17-5-8-19(30)9-6-17;1-13-10-8-5-7(11)4-6(8)2-3-9(10)12/h5-6,8-9,11-12,14H,4,7,10,13,15H2,1-3H3,(H,31,32);2-3,7H,4-5H2,1H3. The first-order chi connectivity index (χ1) is 25.2. The average molecular weight is 727 g/mol. The van der Waals surface area contributed by atoms with E-state index in [2.05, 4.69) is 33.5 Å². The van der Waals surface area contributed by atoms with Gasteiger partial charge in [-0.25, -0.2) is 18.2 Å². The summed E-state index contributed by atoms with van der Waals surface area (Å²) in [4.78, 5) is 26.1. The Bertz CT molecular complexity index is 2270. The van der Waals surface area contributed by atoms with E-state index in [-0.39, 0.29) is 23.9 Å². The minimum absolute atomic E-state index is 0.0404. The van der Waals surface area contributed by atoms with E-state index in [4.69, 9.17) is 14.1 Å². The number of methoxy groups -OCH3 is 1. The first-order valence-electron chi connectivity index (χ1n) is 17.1. The van der Waals surface area contributed by atoms with Crippen LogP contribution in [0.1, 0.15) is 57.7 Å². The summed E-state index contributed by atoms with van der Waals surface area (Å²) in [6, 6.07) is 13.5. The number of alkyl halides is 1. The molecule has 0 fully saturated rings. The van der Waals surface area contributed by atoms with Crippen molar-refractivity contribution in [3.63, 3.8) is 0 Å². The van der Waals surface area contributed by atoms with Gasteiger partial charge in [0.2, 0.25) is 11.8 Å². The van der Waals surface area contributed by atoms with Crippen LogP contribution in [0.5, 0.6) is 5.75 Å². The molecule has 1 aliphatic carbocycles. The number of amides is 1. The zero-order valence-corrected chi connectivity index (χ0v) is 30.0. The predicted octanol–water partition coefficient (Wildman–Crippen LogP) is 8.32. The molecule has 2 aliphatic rings. The Morgan fingerprint density at radius 1 is 1.04 bits per heavy atom. The van der Waals surface area contributed by atoms with Crippen LogP contribution < -0.4 is 10.1 Å². The number of nitrogens with one attached hydrogen (secondary N) is 1. The number of thiophene rings is 1. The first-order valence-corrected chi connectivity index (χ1v) is 18.0. The third kappa shape index (κ3) is 6.72. The van der Waals surface area contributed by atoms with Crippen LogP contribution in [0.15, 0.2) is 59.1 Å².